The Kier molecular flexibility index (Phi) is 5.49. The number of hydrogen-bond acceptors (Lipinski definition) is 3. The smallest absolute Gasteiger partial charge is 0.222 e. The van der Waals surface area contributed by atoms with E-state index in [1.807, 2.05) is 36.5 Å². The van der Waals surface area contributed by atoms with Crippen LogP contribution in [0.1, 0.15) is 43.4 Å². The van der Waals surface area contributed by atoms with Gasteiger partial charge in [0.25, 0.3) is 0 Å². The number of aromatic amines is 1. The Morgan fingerprint density at radius 2 is 2.29 bits per heavy atom. The van der Waals surface area contributed by atoms with Crippen LogP contribution in [0.3, 0.4) is 0 Å². The molecular formula is C16H22N4O. The maximum atomic E-state index is 12.3. The van der Waals surface area contributed by atoms with E-state index >= 15 is 0 Å². The first-order valence-electron chi connectivity index (χ1n) is 7.35. The highest BCUT2D eigenvalue weighted by atomic mass is 16.2. The minimum atomic E-state index is 0.0973. The number of hydrogen-bond donors (Lipinski definition) is 1. The zero-order chi connectivity index (χ0) is 15.1. The van der Waals surface area contributed by atoms with Crippen molar-refractivity contribution >= 4 is 5.91 Å². The number of carbonyl (C=O) groups excluding carboxylic acids is 1. The van der Waals surface area contributed by atoms with Gasteiger partial charge in [-0.2, -0.15) is 5.10 Å². The Labute approximate surface area is 125 Å². The molecule has 0 aliphatic heterocycles. The highest BCUT2D eigenvalue weighted by molar-refractivity contribution is 5.76. The van der Waals surface area contributed by atoms with E-state index in [-0.39, 0.29) is 11.9 Å². The first-order chi connectivity index (χ1) is 10.2. The molecule has 0 radical (unpaired) electrons. The molecule has 1 amide bonds. The van der Waals surface area contributed by atoms with Gasteiger partial charge in [0.15, 0.2) is 0 Å². The normalized spacial score (nSPS) is 12.1. The molecule has 0 aromatic carbocycles. The molecule has 1 N–H and O–H groups in total. The molecule has 5 heteroatoms. The van der Waals surface area contributed by atoms with Gasteiger partial charge in [0.05, 0.1) is 12.2 Å². The van der Waals surface area contributed by atoms with Gasteiger partial charge in [-0.1, -0.05) is 13.0 Å². The second kappa shape index (κ2) is 7.57. The molecule has 1 atom stereocenters. The van der Waals surface area contributed by atoms with Crippen LogP contribution < -0.4 is 0 Å². The molecule has 21 heavy (non-hydrogen) atoms. The van der Waals surface area contributed by atoms with Gasteiger partial charge in [-0.25, -0.2) is 0 Å². The van der Waals surface area contributed by atoms with E-state index in [2.05, 4.69) is 22.1 Å². The minimum absolute atomic E-state index is 0.0973. The number of aromatic nitrogens is 3. The third kappa shape index (κ3) is 4.15. The fourth-order valence-electron chi connectivity index (χ4n) is 2.51. The van der Waals surface area contributed by atoms with Crippen molar-refractivity contribution in [3.63, 3.8) is 0 Å². The van der Waals surface area contributed by atoms with Crippen LogP contribution in [0.25, 0.3) is 0 Å². The van der Waals surface area contributed by atoms with Gasteiger partial charge in [-0.15, -0.1) is 0 Å². The van der Waals surface area contributed by atoms with Gasteiger partial charge in [0, 0.05) is 32.1 Å². The molecule has 2 aromatic rings. The number of H-pyrrole nitrogens is 1. The highest BCUT2D eigenvalue weighted by Gasteiger charge is 2.19. The average Bonchev–Trinajstić information content (AvgIpc) is 3.02. The lowest BCUT2D eigenvalue weighted by Gasteiger charge is -2.27. The van der Waals surface area contributed by atoms with E-state index in [0.29, 0.717) is 6.42 Å². The maximum absolute atomic E-state index is 12.3. The lowest BCUT2D eigenvalue weighted by Crippen LogP contribution is -2.30. The van der Waals surface area contributed by atoms with Crippen LogP contribution >= 0.6 is 0 Å². The van der Waals surface area contributed by atoms with Gasteiger partial charge in [-0.05, 0) is 36.5 Å². The molecule has 0 aliphatic carbocycles. The molecule has 0 fully saturated rings. The maximum Gasteiger partial charge on any atom is 0.222 e. The summed E-state index contributed by atoms with van der Waals surface area (Å²) in [7, 11) is 1.88. The Hall–Kier alpha value is -2.17. The summed E-state index contributed by atoms with van der Waals surface area (Å²) >= 11 is 0. The first-order valence-corrected chi connectivity index (χ1v) is 7.35. The van der Waals surface area contributed by atoms with Crippen molar-refractivity contribution < 1.29 is 4.79 Å². The summed E-state index contributed by atoms with van der Waals surface area (Å²) in [6, 6.07) is 4.03. The van der Waals surface area contributed by atoms with E-state index < -0.39 is 0 Å². The standard InChI is InChI=1S/C16H22N4O/c1-3-15(14-7-5-9-17-12-14)20(2)16(21)8-4-6-13-10-18-19-11-13/h5,7,9-12,15H,3-4,6,8H2,1-2H3,(H,18,19)/t15-/m0/s1. The number of carbonyl (C=O) groups is 1. The van der Waals surface area contributed by atoms with Gasteiger partial charge < -0.3 is 4.90 Å². The molecule has 2 heterocycles. The molecule has 0 unspecified atom stereocenters. The summed E-state index contributed by atoms with van der Waals surface area (Å²) in [5.41, 5.74) is 2.23. The van der Waals surface area contributed by atoms with Crippen LogP contribution in [-0.4, -0.2) is 33.0 Å². The number of nitrogens with one attached hydrogen (secondary N) is 1. The first kappa shape index (κ1) is 15.2. The zero-order valence-electron chi connectivity index (χ0n) is 12.6. The van der Waals surface area contributed by atoms with Crippen molar-refractivity contribution in [3.05, 3.63) is 48.0 Å². The fourth-order valence-corrected chi connectivity index (χ4v) is 2.51. The van der Waals surface area contributed by atoms with Crippen molar-refractivity contribution in [1.82, 2.24) is 20.1 Å². The number of aryl methyl sites for hydroxylation is 1. The van der Waals surface area contributed by atoms with E-state index in [1.165, 1.54) is 0 Å². The van der Waals surface area contributed by atoms with Crippen molar-refractivity contribution in [3.8, 4) is 0 Å². The lowest BCUT2D eigenvalue weighted by molar-refractivity contribution is -0.132. The third-order valence-electron chi connectivity index (χ3n) is 3.73. The van der Waals surface area contributed by atoms with Gasteiger partial charge in [0.1, 0.15) is 0 Å². The molecule has 112 valence electrons. The zero-order valence-corrected chi connectivity index (χ0v) is 12.6. The Balaban J connectivity index is 1.88. The number of nitrogens with zero attached hydrogens (tertiary/aromatic N) is 3. The van der Waals surface area contributed by atoms with E-state index in [1.54, 1.807) is 12.4 Å². The second-order valence-electron chi connectivity index (χ2n) is 5.18. The van der Waals surface area contributed by atoms with Crippen LogP contribution in [0, 0.1) is 0 Å². The van der Waals surface area contributed by atoms with Gasteiger partial charge in [-0.3, -0.25) is 14.9 Å². The summed E-state index contributed by atoms with van der Waals surface area (Å²) < 4.78 is 0. The number of rotatable bonds is 7. The molecule has 2 aromatic heterocycles. The Morgan fingerprint density at radius 1 is 1.43 bits per heavy atom. The second-order valence-corrected chi connectivity index (χ2v) is 5.18. The molecule has 0 saturated heterocycles. The lowest BCUT2D eigenvalue weighted by atomic mass is 10.0. The monoisotopic (exact) mass is 286 g/mol. The molecular weight excluding hydrogens is 264 g/mol. The molecule has 0 aliphatic rings. The fraction of sp³-hybridized carbons (Fsp3) is 0.438. The minimum Gasteiger partial charge on any atom is -0.339 e. The largest absolute Gasteiger partial charge is 0.339 e. The Bertz CT molecular complexity index is 539. The van der Waals surface area contributed by atoms with E-state index in [0.717, 1.165) is 30.4 Å². The van der Waals surface area contributed by atoms with Gasteiger partial charge in [0.2, 0.25) is 5.91 Å². The van der Waals surface area contributed by atoms with Crippen LogP contribution in [0.5, 0.6) is 0 Å². The predicted octanol–water partition coefficient (Wildman–Crippen LogP) is 2.74. The van der Waals surface area contributed by atoms with Crippen molar-refractivity contribution in [2.75, 3.05) is 7.05 Å². The third-order valence-corrected chi connectivity index (χ3v) is 3.73. The number of amides is 1. The summed E-state index contributed by atoms with van der Waals surface area (Å²) in [6.07, 6.45) is 10.4. The summed E-state index contributed by atoms with van der Waals surface area (Å²) in [5.74, 6) is 0.175. The summed E-state index contributed by atoms with van der Waals surface area (Å²) in [6.45, 7) is 2.09. The van der Waals surface area contributed by atoms with Gasteiger partial charge >= 0.3 is 0 Å². The quantitative estimate of drug-likeness (QED) is 0.851. The van der Waals surface area contributed by atoms with Crippen molar-refractivity contribution in [2.45, 2.75) is 38.6 Å². The Morgan fingerprint density at radius 3 is 2.90 bits per heavy atom. The number of pyridine rings is 1. The van der Waals surface area contributed by atoms with Crippen LogP contribution in [0.2, 0.25) is 0 Å². The van der Waals surface area contributed by atoms with Crippen molar-refractivity contribution in [1.29, 1.82) is 0 Å². The molecule has 2 rings (SSSR count). The summed E-state index contributed by atoms with van der Waals surface area (Å²) in [4.78, 5) is 18.3. The van der Waals surface area contributed by atoms with Crippen LogP contribution in [0.4, 0.5) is 0 Å². The topological polar surface area (TPSA) is 61.9 Å². The average molecular weight is 286 g/mol. The molecule has 0 saturated carbocycles. The van der Waals surface area contributed by atoms with Crippen LogP contribution in [0.15, 0.2) is 36.9 Å². The van der Waals surface area contributed by atoms with Crippen LogP contribution in [-0.2, 0) is 11.2 Å². The predicted molar refractivity (Wildman–Crippen MR) is 81.6 cm³/mol. The molecule has 0 spiro atoms. The summed E-state index contributed by atoms with van der Waals surface area (Å²) in [5, 5.41) is 6.70. The van der Waals surface area contributed by atoms with E-state index in [9.17, 15) is 4.79 Å². The molecule has 5 nitrogen and oxygen atoms in total. The molecule has 0 bridgehead atoms. The van der Waals surface area contributed by atoms with Crippen molar-refractivity contribution in [2.24, 2.45) is 0 Å². The highest BCUT2D eigenvalue weighted by Crippen LogP contribution is 2.22. The SMILES string of the molecule is CC[C@@H](c1cccnc1)N(C)C(=O)CCCc1cn[nH]c1. The van der Waals surface area contributed by atoms with E-state index in [4.69, 9.17) is 0 Å².